The maximum Gasteiger partial charge on any atom is 0.124 e. The number of imidazole rings is 1. The van der Waals surface area contributed by atoms with Crippen molar-refractivity contribution in [2.45, 2.75) is 39.8 Å². The van der Waals surface area contributed by atoms with Gasteiger partial charge in [0.2, 0.25) is 0 Å². The quantitative estimate of drug-likeness (QED) is 0.785. The number of rotatable bonds is 4. The van der Waals surface area contributed by atoms with Gasteiger partial charge in [-0.2, -0.15) is 0 Å². The zero-order valence-electron chi connectivity index (χ0n) is 13.3. The van der Waals surface area contributed by atoms with Gasteiger partial charge in [-0.3, -0.25) is 0 Å². The van der Waals surface area contributed by atoms with Crippen LogP contribution >= 0.6 is 22.6 Å². The molecule has 5 heteroatoms. The van der Waals surface area contributed by atoms with E-state index in [0.717, 1.165) is 29.0 Å². The van der Waals surface area contributed by atoms with Gasteiger partial charge in [-0.05, 0) is 59.7 Å². The number of benzene rings is 1. The van der Waals surface area contributed by atoms with Crippen molar-refractivity contribution in [3.05, 3.63) is 44.5 Å². The molecule has 1 aromatic carbocycles. The van der Waals surface area contributed by atoms with Gasteiger partial charge in [0.25, 0.3) is 0 Å². The predicted molar refractivity (Wildman–Crippen MR) is 96.5 cm³/mol. The minimum Gasteiger partial charge on any atom is -0.492 e. The monoisotopic (exact) mass is 411 g/mol. The van der Waals surface area contributed by atoms with Crippen LogP contribution < -0.4 is 10.1 Å². The van der Waals surface area contributed by atoms with E-state index in [9.17, 15) is 0 Å². The number of aromatic nitrogens is 2. The summed E-state index contributed by atoms with van der Waals surface area (Å²) < 4.78 is 9.48. The second-order valence-corrected chi connectivity index (χ2v) is 6.79. The van der Waals surface area contributed by atoms with Crippen LogP contribution in [0.25, 0.3) is 0 Å². The maximum atomic E-state index is 6.03. The highest BCUT2D eigenvalue weighted by atomic mass is 127. The van der Waals surface area contributed by atoms with Gasteiger partial charge in [-0.25, -0.2) is 4.98 Å². The lowest BCUT2D eigenvalue weighted by Gasteiger charge is -2.27. The summed E-state index contributed by atoms with van der Waals surface area (Å²) in [6.07, 6.45) is 0.973. The summed E-state index contributed by atoms with van der Waals surface area (Å²) in [4.78, 5) is 4.70. The molecule has 4 nitrogen and oxygen atoms in total. The summed E-state index contributed by atoms with van der Waals surface area (Å²) in [5.74, 6) is 2.12. The molecular formula is C17H22IN3O. The molecule has 0 aliphatic carbocycles. The Morgan fingerprint density at radius 2 is 2.18 bits per heavy atom. The first-order chi connectivity index (χ1) is 10.6. The fourth-order valence-corrected chi connectivity index (χ4v) is 3.85. The Bertz CT molecular complexity index is 681. The minimum absolute atomic E-state index is 0.204. The normalized spacial score (nSPS) is 17.4. The molecule has 118 valence electrons. The highest BCUT2D eigenvalue weighted by Crippen LogP contribution is 2.26. The first-order valence-corrected chi connectivity index (χ1v) is 8.86. The third kappa shape index (κ3) is 3.01. The number of fused-ring (bicyclic) bond motifs is 1. The summed E-state index contributed by atoms with van der Waals surface area (Å²) in [5, 5.41) is 3.56. The van der Waals surface area contributed by atoms with Crippen LogP contribution in [0.1, 0.15) is 35.6 Å². The van der Waals surface area contributed by atoms with E-state index >= 15 is 0 Å². The first-order valence-electron chi connectivity index (χ1n) is 7.78. The zero-order chi connectivity index (χ0) is 15.7. The zero-order valence-corrected chi connectivity index (χ0v) is 15.5. The van der Waals surface area contributed by atoms with Crippen molar-refractivity contribution in [2.24, 2.45) is 0 Å². The van der Waals surface area contributed by atoms with Crippen LogP contribution in [0.15, 0.2) is 18.2 Å². The molecule has 0 fully saturated rings. The van der Waals surface area contributed by atoms with Crippen LogP contribution in [-0.2, 0) is 13.0 Å². The van der Waals surface area contributed by atoms with Gasteiger partial charge in [-0.1, -0.05) is 13.0 Å². The van der Waals surface area contributed by atoms with Crippen molar-refractivity contribution >= 4 is 22.6 Å². The summed E-state index contributed by atoms with van der Waals surface area (Å²) in [7, 11) is 0. The molecule has 0 spiro atoms. The van der Waals surface area contributed by atoms with Gasteiger partial charge in [0, 0.05) is 19.5 Å². The fourth-order valence-electron chi connectivity index (χ4n) is 2.90. The molecule has 3 rings (SSSR count). The summed E-state index contributed by atoms with van der Waals surface area (Å²) in [6, 6.07) is 6.47. The molecule has 1 aromatic heterocycles. The van der Waals surface area contributed by atoms with Crippen LogP contribution in [0.2, 0.25) is 0 Å². The van der Waals surface area contributed by atoms with Crippen molar-refractivity contribution in [3.8, 4) is 5.75 Å². The SMILES string of the molecule is CCc1nc(I)c2n1CCNC2COc1ccc(C)c(C)c1. The Morgan fingerprint density at radius 1 is 1.36 bits per heavy atom. The van der Waals surface area contributed by atoms with Gasteiger partial charge in [-0.15, -0.1) is 0 Å². The van der Waals surface area contributed by atoms with E-state index in [0.29, 0.717) is 6.61 Å². The lowest BCUT2D eigenvalue weighted by atomic mass is 10.1. The summed E-state index contributed by atoms with van der Waals surface area (Å²) in [6.45, 7) is 8.99. The molecule has 0 amide bonds. The second-order valence-electron chi connectivity index (χ2n) is 5.77. The topological polar surface area (TPSA) is 39.1 Å². The molecule has 1 atom stereocenters. The number of hydrogen-bond donors (Lipinski definition) is 1. The van der Waals surface area contributed by atoms with E-state index in [4.69, 9.17) is 9.72 Å². The summed E-state index contributed by atoms with van der Waals surface area (Å²) >= 11 is 2.34. The number of nitrogens with one attached hydrogen (secondary N) is 1. The highest BCUT2D eigenvalue weighted by molar-refractivity contribution is 14.1. The van der Waals surface area contributed by atoms with E-state index in [1.165, 1.54) is 22.6 Å². The maximum absolute atomic E-state index is 6.03. The van der Waals surface area contributed by atoms with E-state index in [-0.39, 0.29) is 6.04 Å². The Labute approximate surface area is 145 Å². The molecule has 22 heavy (non-hydrogen) atoms. The van der Waals surface area contributed by atoms with Gasteiger partial charge >= 0.3 is 0 Å². The average Bonchev–Trinajstić information content (AvgIpc) is 2.85. The average molecular weight is 411 g/mol. The predicted octanol–water partition coefficient (Wildman–Crippen LogP) is 3.39. The van der Waals surface area contributed by atoms with Crippen LogP contribution in [0.5, 0.6) is 5.75 Å². The van der Waals surface area contributed by atoms with Crippen molar-refractivity contribution in [1.82, 2.24) is 14.9 Å². The standard InChI is InChI=1S/C17H22IN3O/c1-4-15-20-17(18)16-14(19-7-8-21(15)16)10-22-13-6-5-11(2)12(3)9-13/h5-6,9,14,19H,4,7-8,10H2,1-3H3. The molecule has 0 saturated carbocycles. The van der Waals surface area contributed by atoms with E-state index in [2.05, 4.69) is 65.4 Å². The molecule has 0 bridgehead atoms. The number of ether oxygens (including phenoxy) is 1. The molecule has 2 aromatic rings. The van der Waals surface area contributed by atoms with Crippen LogP contribution in [-0.4, -0.2) is 22.7 Å². The molecule has 1 N–H and O–H groups in total. The molecule has 1 aliphatic rings. The molecule has 0 radical (unpaired) electrons. The molecule has 2 heterocycles. The number of nitrogens with zero attached hydrogens (tertiary/aromatic N) is 2. The number of hydrogen-bond acceptors (Lipinski definition) is 3. The Morgan fingerprint density at radius 3 is 2.91 bits per heavy atom. The van der Waals surface area contributed by atoms with E-state index < -0.39 is 0 Å². The molecule has 1 unspecified atom stereocenters. The Kier molecular flexibility index (Phi) is 4.73. The third-order valence-corrected chi connectivity index (χ3v) is 5.10. The largest absolute Gasteiger partial charge is 0.492 e. The van der Waals surface area contributed by atoms with Gasteiger partial charge in [0.1, 0.15) is 21.9 Å². The third-order valence-electron chi connectivity index (χ3n) is 4.31. The Balaban J connectivity index is 1.77. The van der Waals surface area contributed by atoms with Crippen LogP contribution in [0.4, 0.5) is 0 Å². The molecule has 1 aliphatic heterocycles. The first kappa shape index (κ1) is 15.8. The van der Waals surface area contributed by atoms with Crippen molar-refractivity contribution in [3.63, 3.8) is 0 Å². The van der Waals surface area contributed by atoms with Crippen molar-refractivity contribution in [2.75, 3.05) is 13.2 Å². The van der Waals surface area contributed by atoms with Crippen LogP contribution in [0.3, 0.4) is 0 Å². The molecular weight excluding hydrogens is 389 g/mol. The smallest absolute Gasteiger partial charge is 0.124 e. The highest BCUT2D eigenvalue weighted by Gasteiger charge is 2.26. The van der Waals surface area contributed by atoms with E-state index in [1.807, 2.05) is 6.07 Å². The lowest BCUT2D eigenvalue weighted by Crippen LogP contribution is -2.37. The second kappa shape index (κ2) is 6.58. The minimum atomic E-state index is 0.204. The van der Waals surface area contributed by atoms with Gasteiger partial charge in [0.05, 0.1) is 11.7 Å². The summed E-state index contributed by atoms with van der Waals surface area (Å²) in [5.41, 5.74) is 3.83. The van der Waals surface area contributed by atoms with Crippen molar-refractivity contribution < 1.29 is 4.74 Å². The van der Waals surface area contributed by atoms with Gasteiger partial charge in [0.15, 0.2) is 0 Å². The lowest BCUT2D eigenvalue weighted by molar-refractivity contribution is 0.246. The fraction of sp³-hybridized carbons (Fsp3) is 0.471. The Hall–Kier alpha value is -1.08. The van der Waals surface area contributed by atoms with Gasteiger partial charge < -0.3 is 14.6 Å². The van der Waals surface area contributed by atoms with E-state index in [1.54, 1.807) is 0 Å². The number of halogens is 1. The number of aryl methyl sites for hydroxylation is 3. The van der Waals surface area contributed by atoms with Crippen LogP contribution in [0, 0.1) is 17.5 Å². The molecule has 0 saturated heterocycles. The van der Waals surface area contributed by atoms with Crippen molar-refractivity contribution in [1.29, 1.82) is 0 Å².